The van der Waals surface area contributed by atoms with Crippen LogP contribution in [0.1, 0.15) is 56.0 Å². The second kappa shape index (κ2) is 26.4. The number of fused-ring (bicyclic) bond motifs is 6. The van der Waals surface area contributed by atoms with Gasteiger partial charge in [0, 0.05) is 68.9 Å². The van der Waals surface area contributed by atoms with Gasteiger partial charge >= 0.3 is 0 Å². The molecule has 0 saturated carbocycles. The van der Waals surface area contributed by atoms with E-state index < -0.39 is 23.2 Å². The molecule has 0 aliphatic carbocycles. The molecule has 0 radical (unpaired) electrons. The van der Waals surface area contributed by atoms with Gasteiger partial charge in [-0.3, -0.25) is 43.0 Å². The Morgan fingerprint density at radius 1 is 0.372 bits per heavy atom. The predicted octanol–water partition coefficient (Wildman–Crippen LogP) is 14.6. The second-order valence-electron chi connectivity index (χ2n) is 21.8. The average molecular weight is 1270 g/mol. The molecule has 462 valence electrons. The number of halogens is 4. The van der Waals surface area contributed by atoms with Crippen LogP contribution in [0.5, 0.6) is 0 Å². The minimum absolute atomic E-state index is 0.139. The Bertz CT molecular complexity index is 5520. The maximum atomic E-state index is 14.7. The van der Waals surface area contributed by atoms with Gasteiger partial charge in [0.05, 0.1) is 50.5 Å². The van der Waals surface area contributed by atoms with Gasteiger partial charge in [-0.2, -0.15) is 0 Å². The zero-order valence-electron chi connectivity index (χ0n) is 50.3. The summed E-state index contributed by atoms with van der Waals surface area (Å²) in [5.41, 5.74) is 7.00. The van der Waals surface area contributed by atoms with Gasteiger partial charge in [-0.1, -0.05) is 72.3 Å². The van der Waals surface area contributed by atoms with Gasteiger partial charge in [-0.15, -0.1) is 0 Å². The van der Waals surface area contributed by atoms with Gasteiger partial charge in [-0.25, -0.2) is 43.1 Å². The summed E-state index contributed by atoms with van der Waals surface area (Å²) in [5.74, 6) is 0.286. The van der Waals surface area contributed by atoms with Crippen LogP contribution in [0.15, 0.2) is 246 Å². The average Bonchev–Trinajstić information content (AvgIpc) is 0.781. The van der Waals surface area contributed by atoms with Crippen LogP contribution in [0.4, 0.5) is 30.6 Å². The fraction of sp³-hybridized carbons (Fsp3) is 0.0833. The van der Waals surface area contributed by atoms with Crippen molar-refractivity contribution in [1.29, 1.82) is 0 Å². The van der Waals surface area contributed by atoms with E-state index in [0.717, 1.165) is 5.69 Å². The minimum Gasteiger partial charge on any atom is -0.360 e. The molecule has 3 atom stereocenters. The Hall–Kier alpha value is -12.1. The first-order chi connectivity index (χ1) is 45.8. The van der Waals surface area contributed by atoms with Crippen molar-refractivity contribution >= 4 is 94.5 Å². The van der Waals surface area contributed by atoms with Gasteiger partial charge in [0.25, 0.3) is 16.7 Å². The Balaban J connectivity index is 0.000000128. The number of hydrogen-bond donors (Lipinski definition) is 3. The van der Waals surface area contributed by atoms with Crippen LogP contribution in [0.25, 0.3) is 82.5 Å². The van der Waals surface area contributed by atoms with Crippen molar-refractivity contribution in [2.75, 3.05) is 16.0 Å². The first-order valence-electron chi connectivity index (χ1n) is 29.7. The van der Waals surface area contributed by atoms with Gasteiger partial charge in [-0.05, 0) is 160 Å². The van der Waals surface area contributed by atoms with E-state index in [4.69, 9.17) is 11.6 Å². The summed E-state index contributed by atoms with van der Waals surface area (Å²) in [7, 11) is 0. The molecule has 94 heavy (non-hydrogen) atoms. The molecule has 3 N–H and O–H groups in total. The number of benzene rings is 6. The highest BCUT2D eigenvalue weighted by Crippen LogP contribution is 2.32. The molecule has 0 bridgehead atoms. The van der Waals surface area contributed by atoms with E-state index in [0.29, 0.717) is 95.2 Å². The van der Waals surface area contributed by atoms with Crippen molar-refractivity contribution in [3.8, 4) is 17.1 Å². The molecule has 15 rings (SSSR count). The lowest BCUT2D eigenvalue weighted by Gasteiger charge is -2.22. The molecular formula is C72H53ClF3N15O3. The molecule has 22 heteroatoms. The number of aromatic nitrogens is 12. The SMILES string of the molecule is C[C@H](Nc1ncnc2cccnc12)c1cc2c(F)ccc(Cl)c2c(=O)n1-c1ccccc1.C[C@H](Nc1ncnc2cccnc12)c1cc2c(F)cccc2c(=O)n1-c1ccccc1.C[C@H](Nc1ncnc2cccnc12)c1cc2cc(F)ccc2c(=O)n1-c1ccccc1. The lowest BCUT2D eigenvalue weighted by Crippen LogP contribution is -2.26. The number of hydrogen-bond acceptors (Lipinski definition) is 15. The molecule has 0 amide bonds. The highest BCUT2D eigenvalue weighted by atomic mass is 35.5. The van der Waals surface area contributed by atoms with E-state index in [2.05, 4.69) is 60.8 Å². The molecule has 0 unspecified atom stereocenters. The van der Waals surface area contributed by atoms with E-state index in [1.807, 2.05) is 148 Å². The third kappa shape index (κ3) is 12.1. The monoisotopic (exact) mass is 1270 g/mol. The quantitative estimate of drug-likeness (QED) is 0.104. The number of nitrogens with zero attached hydrogens (tertiary/aromatic N) is 12. The van der Waals surface area contributed by atoms with E-state index in [-0.39, 0.29) is 50.2 Å². The Labute approximate surface area is 537 Å². The third-order valence-corrected chi connectivity index (χ3v) is 16.1. The second-order valence-corrected chi connectivity index (χ2v) is 22.2. The number of para-hydroxylation sites is 3. The van der Waals surface area contributed by atoms with Crippen molar-refractivity contribution in [2.45, 2.75) is 38.9 Å². The fourth-order valence-electron chi connectivity index (χ4n) is 11.3. The normalized spacial score (nSPS) is 12.2. The topological polar surface area (TPSA) is 218 Å². The Morgan fingerprint density at radius 2 is 0.787 bits per heavy atom. The number of rotatable bonds is 12. The zero-order valence-corrected chi connectivity index (χ0v) is 51.0. The van der Waals surface area contributed by atoms with Crippen LogP contribution in [-0.4, -0.2) is 58.6 Å². The van der Waals surface area contributed by atoms with Crippen LogP contribution >= 0.6 is 11.6 Å². The maximum Gasteiger partial charge on any atom is 0.264 e. The number of anilines is 3. The molecule has 9 aromatic heterocycles. The molecule has 9 heterocycles. The molecule has 0 spiro atoms. The maximum absolute atomic E-state index is 14.7. The largest absolute Gasteiger partial charge is 0.360 e. The van der Waals surface area contributed by atoms with E-state index in [1.54, 1.807) is 62.6 Å². The number of nitrogens with one attached hydrogen (secondary N) is 3. The summed E-state index contributed by atoms with van der Waals surface area (Å²) in [6, 6.07) is 54.3. The molecule has 0 aliphatic heterocycles. The molecule has 0 aliphatic rings. The molecule has 6 aromatic carbocycles. The molecule has 15 aromatic rings. The highest BCUT2D eigenvalue weighted by Gasteiger charge is 2.24. The summed E-state index contributed by atoms with van der Waals surface area (Å²) < 4.78 is 48.0. The lowest BCUT2D eigenvalue weighted by atomic mass is 10.1. The van der Waals surface area contributed by atoms with Crippen molar-refractivity contribution in [3.63, 3.8) is 0 Å². The number of pyridine rings is 6. The lowest BCUT2D eigenvalue weighted by molar-refractivity contribution is 0.629. The summed E-state index contributed by atoms with van der Waals surface area (Å²) in [6.45, 7) is 5.70. The Morgan fingerprint density at radius 3 is 1.26 bits per heavy atom. The third-order valence-electron chi connectivity index (χ3n) is 15.8. The fourth-order valence-corrected chi connectivity index (χ4v) is 11.6. The van der Waals surface area contributed by atoms with E-state index >= 15 is 0 Å². The van der Waals surface area contributed by atoms with Crippen molar-refractivity contribution in [1.82, 2.24) is 58.6 Å². The zero-order chi connectivity index (χ0) is 65.0. The van der Waals surface area contributed by atoms with Crippen molar-refractivity contribution in [2.24, 2.45) is 0 Å². The van der Waals surface area contributed by atoms with Crippen LogP contribution in [-0.2, 0) is 0 Å². The summed E-state index contributed by atoms with van der Waals surface area (Å²) in [4.78, 5) is 79.2. The summed E-state index contributed by atoms with van der Waals surface area (Å²) >= 11 is 6.30. The first kappa shape index (κ1) is 60.8. The summed E-state index contributed by atoms with van der Waals surface area (Å²) in [5, 5.41) is 12.1. The smallest absolute Gasteiger partial charge is 0.264 e. The summed E-state index contributed by atoms with van der Waals surface area (Å²) in [6.07, 6.45) is 9.40. The van der Waals surface area contributed by atoms with Gasteiger partial charge < -0.3 is 16.0 Å². The van der Waals surface area contributed by atoms with Crippen LogP contribution < -0.4 is 32.6 Å². The van der Waals surface area contributed by atoms with Gasteiger partial charge in [0.15, 0.2) is 17.5 Å². The van der Waals surface area contributed by atoms with Crippen LogP contribution in [0, 0.1) is 17.5 Å². The van der Waals surface area contributed by atoms with Crippen LogP contribution in [0.3, 0.4) is 0 Å². The molecular weight excluding hydrogens is 1220 g/mol. The first-order valence-corrected chi connectivity index (χ1v) is 30.0. The van der Waals surface area contributed by atoms with E-state index in [9.17, 15) is 27.6 Å². The molecule has 0 saturated heterocycles. The van der Waals surface area contributed by atoms with E-state index in [1.165, 1.54) is 55.4 Å². The predicted molar refractivity (Wildman–Crippen MR) is 362 cm³/mol. The Kier molecular flexibility index (Phi) is 17.1. The molecule has 18 nitrogen and oxygen atoms in total. The van der Waals surface area contributed by atoms with Gasteiger partial charge in [0.2, 0.25) is 0 Å². The van der Waals surface area contributed by atoms with Crippen LogP contribution in [0.2, 0.25) is 5.02 Å². The van der Waals surface area contributed by atoms with Gasteiger partial charge in [0.1, 0.15) is 53.0 Å². The highest BCUT2D eigenvalue weighted by molar-refractivity contribution is 6.35. The molecule has 0 fully saturated rings. The van der Waals surface area contributed by atoms with Crippen molar-refractivity contribution in [3.05, 3.63) is 302 Å². The minimum atomic E-state index is -0.510. The standard InChI is InChI=1S/C24H17ClFN5O.2C24H18FN5O/c1-14(30-23-22-19(28-13-29-23)8-5-11-27-22)20-12-16-18(26)10-9-17(25)21(16)24(32)31(20)15-6-3-2-4-7-15;1-15(29-23-22-20(27-14-28-23)11-6-12-26-22)21-13-18-17(9-5-10-19(18)25)24(31)30(21)16-7-3-2-4-8-16;1-15(29-23-22-20(27-14-28-23)8-5-11-26-22)21-13-16-12-17(25)9-10-19(16)24(31)30(21)18-6-3-2-4-7-18/h2-14H,1H3,(H,28,29,30);2*2-15H,1H3,(H,27,28,29)/t14-;2*15-/m000/s1. The van der Waals surface area contributed by atoms with Crippen molar-refractivity contribution < 1.29 is 13.2 Å².